The summed E-state index contributed by atoms with van der Waals surface area (Å²) in [6.07, 6.45) is 3.64. The molecule has 2 unspecified atom stereocenters. The first-order valence-corrected chi connectivity index (χ1v) is 8.16. The summed E-state index contributed by atoms with van der Waals surface area (Å²) < 4.78 is 0. The molecule has 0 aromatic heterocycles. The minimum Gasteiger partial charge on any atom is -0.315 e. The van der Waals surface area contributed by atoms with Crippen LogP contribution in [-0.4, -0.2) is 31.1 Å². The van der Waals surface area contributed by atoms with E-state index < -0.39 is 0 Å². The lowest BCUT2D eigenvalue weighted by molar-refractivity contribution is 0.171. The molecule has 1 aromatic carbocycles. The van der Waals surface area contributed by atoms with Crippen LogP contribution >= 0.6 is 11.6 Å². The monoisotopic (exact) mass is 296 g/mol. The normalized spacial score (nSPS) is 14.5. The number of likely N-dealkylation sites (N-methyl/N-ethyl adjacent to an activating group) is 1. The highest BCUT2D eigenvalue weighted by Crippen LogP contribution is 2.23. The summed E-state index contributed by atoms with van der Waals surface area (Å²) in [4.78, 5) is 2.48. The smallest absolute Gasteiger partial charge is 0.0406 e. The molecule has 2 nitrogen and oxygen atoms in total. The predicted molar refractivity (Wildman–Crippen MR) is 89.5 cm³/mol. The van der Waals surface area contributed by atoms with Crippen molar-refractivity contribution in [3.63, 3.8) is 0 Å². The Morgan fingerprint density at radius 1 is 1.15 bits per heavy atom. The molecule has 0 saturated heterocycles. The number of nitrogens with zero attached hydrogens (tertiary/aromatic N) is 1. The molecule has 0 aliphatic heterocycles. The van der Waals surface area contributed by atoms with Gasteiger partial charge in [-0.1, -0.05) is 44.0 Å². The molecule has 0 heterocycles. The maximum atomic E-state index is 5.97. The Morgan fingerprint density at radius 2 is 1.80 bits per heavy atom. The van der Waals surface area contributed by atoms with Gasteiger partial charge in [-0.25, -0.2) is 0 Å². The third kappa shape index (κ3) is 5.43. The standard InChI is InChI=1S/C17H29ClN2/c1-5-7-17(13-19-12-6-2)20(4)14(3)15-8-10-16(18)11-9-15/h8-11,14,17,19H,5-7,12-13H2,1-4H3. The number of hydrogen-bond acceptors (Lipinski definition) is 2. The van der Waals surface area contributed by atoms with E-state index in [2.05, 4.69) is 50.2 Å². The van der Waals surface area contributed by atoms with Gasteiger partial charge in [0.1, 0.15) is 0 Å². The number of benzene rings is 1. The zero-order valence-corrected chi connectivity index (χ0v) is 14.1. The molecule has 0 fully saturated rings. The summed E-state index contributed by atoms with van der Waals surface area (Å²) in [5.41, 5.74) is 1.33. The third-order valence-electron chi connectivity index (χ3n) is 3.97. The van der Waals surface area contributed by atoms with E-state index >= 15 is 0 Å². The van der Waals surface area contributed by atoms with Crippen LogP contribution in [0.1, 0.15) is 51.6 Å². The van der Waals surface area contributed by atoms with E-state index in [1.807, 2.05) is 12.1 Å². The fourth-order valence-corrected chi connectivity index (χ4v) is 2.65. The minimum atomic E-state index is 0.409. The fourth-order valence-electron chi connectivity index (χ4n) is 2.52. The zero-order valence-electron chi connectivity index (χ0n) is 13.3. The van der Waals surface area contributed by atoms with Gasteiger partial charge in [-0.05, 0) is 51.1 Å². The number of halogens is 1. The van der Waals surface area contributed by atoms with Gasteiger partial charge in [0.2, 0.25) is 0 Å². The van der Waals surface area contributed by atoms with Gasteiger partial charge in [-0.2, -0.15) is 0 Å². The van der Waals surface area contributed by atoms with Gasteiger partial charge in [0, 0.05) is 23.7 Å². The summed E-state index contributed by atoms with van der Waals surface area (Å²) in [5.74, 6) is 0. The van der Waals surface area contributed by atoms with Crippen LogP contribution in [0.25, 0.3) is 0 Å². The van der Waals surface area contributed by atoms with Crippen LogP contribution in [0.5, 0.6) is 0 Å². The summed E-state index contributed by atoms with van der Waals surface area (Å²) in [6.45, 7) is 8.90. The Labute approximate surface area is 129 Å². The van der Waals surface area contributed by atoms with Gasteiger partial charge in [0.25, 0.3) is 0 Å². The average Bonchev–Trinajstić information content (AvgIpc) is 2.46. The summed E-state index contributed by atoms with van der Waals surface area (Å²) >= 11 is 5.97. The van der Waals surface area contributed by atoms with E-state index in [0.717, 1.165) is 18.1 Å². The van der Waals surface area contributed by atoms with Crippen molar-refractivity contribution in [1.29, 1.82) is 0 Å². The van der Waals surface area contributed by atoms with Gasteiger partial charge in [-0.15, -0.1) is 0 Å². The maximum absolute atomic E-state index is 5.97. The second-order valence-electron chi connectivity index (χ2n) is 5.54. The van der Waals surface area contributed by atoms with Crippen LogP contribution < -0.4 is 5.32 Å². The van der Waals surface area contributed by atoms with Crippen LogP contribution in [0.2, 0.25) is 5.02 Å². The molecule has 3 heteroatoms. The van der Waals surface area contributed by atoms with Crippen LogP contribution in [0.4, 0.5) is 0 Å². The summed E-state index contributed by atoms with van der Waals surface area (Å²) in [7, 11) is 2.23. The average molecular weight is 297 g/mol. The van der Waals surface area contributed by atoms with Crippen LogP contribution in [0.3, 0.4) is 0 Å². The highest BCUT2D eigenvalue weighted by molar-refractivity contribution is 6.30. The molecule has 1 aromatic rings. The first-order chi connectivity index (χ1) is 9.60. The van der Waals surface area contributed by atoms with Gasteiger partial charge in [0.15, 0.2) is 0 Å². The second kappa shape index (κ2) is 9.38. The van der Waals surface area contributed by atoms with Crippen molar-refractivity contribution in [1.82, 2.24) is 10.2 Å². The molecule has 0 saturated carbocycles. The molecule has 0 spiro atoms. The Hall–Kier alpha value is -0.570. The zero-order chi connectivity index (χ0) is 15.0. The van der Waals surface area contributed by atoms with Crippen LogP contribution in [0.15, 0.2) is 24.3 Å². The lowest BCUT2D eigenvalue weighted by Gasteiger charge is -2.33. The molecular formula is C17H29ClN2. The molecule has 0 bridgehead atoms. The topological polar surface area (TPSA) is 15.3 Å². The van der Waals surface area contributed by atoms with Crippen LogP contribution in [0, 0.1) is 0 Å². The largest absolute Gasteiger partial charge is 0.315 e. The third-order valence-corrected chi connectivity index (χ3v) is 4.22. The minimum absolute atomic E-state index is 0.409. The number of rotatable bonds is 9. The van der Waals surface area contributed by atoms with Crippen molar-refractivity contribution in [2.75, 3.05) is 20.1 Å². The maximum Gasteiger partial charge on any atom is 0.0406 e. The molecule has 20 heavy (non-hydrogen) atoms. The summed E-state index contributed by atoms with van der Waals surface area (Å²) in [5, 5.41) is 4.36. The number of nitrogens with one attached hydrogen (secondary N) is 1. The molecule has 0 radical (unpaired) electrons. The van der Waals surface area contributed by atoms with Gasteiger partial charge in [0.05, 0.1) is 0 Å². The molecule has 1 N–H and O–H groups in total. The first-order valence-electron chi connectivity index (χ1n) is 7.78. The van der Waals surface area contributed by atoms with Crippen molar-refractivity contribution in [2.24, 2.45) is 0 Å². The Balaban J connectivity index is 2.66. The van der Waals surface area contributed by atoms with Crippen LogP contribution in [-0.2, 0) is 0 Å². The first kappa shape index (κ1) is 17.5. The molecule has 0 aliphatic rings. The summed E-state index contributed by atoms with van der Waals surface area (Å²) in [6, 6.07) is 9.21. The SMILES string of the molecule is CCCNCC(CCC)N(C)C(C)c1ccc(Cl)cc1. The van der Waals surface area contributed by atoms with E-state index in [-0.39, 0.29) is 0 Å². The van der Waals surface area contributed by atoms with E-state index in [1.54, 1.807) is 0 Å². The van der Waals surface area contributed by atoms with Gasteiger partial charge in [-0.3, -0.25) is 4.90 Å². The van der Waals surface area contributed by atoms with Gasteiger partial charge >= 0.3 is 0 Å². The Bertz CT molecular complexity index is 364. The van der Waals surface area contributed by atoms with Crippen molar-refractivity contribution >= 4 is 11.6 Å². The molecule has 114 valence electrons. The highest BCUT2D eigenvalue weighted by atomic mass is 35.5. The quantitative estimate of drug-likeness (QED) is 0.675. The lowest BCUT2D eigenvalue weighted by atomic mass is 10.0. The highest BCUT2D eigenvalue weighted by Gasteiger charge is 2.19. The Kier molecular flexibility index (Phi) is 8.20. The fraction of sp³-hybridized carbons (Fsp3) is 0.647. The Morgan fingerprint density at radius 3 is 2.35 bits per heavy atom. The molecule has 1 rings (SSSR count). The van der Waals surface area contributed by atoms with Crippen molar-refractivity contribution in [3.05, 3.63) is 34.9 Å². The van der Waals surface area contributed by atoms with E-state index in [9.17, 15) is 0 Å². The van der Waals surface area contributed by atoms with Crippen molar-refractivity contribution in [2.45, 2.75) is 52.1 Å². The van der Waals surface area contributed by atoms with E-state index in [1.165, 1.54) is 24.8 Å². The molecule has 0 amide bonds. The van der Waals surface area contributed by atoms with Crippen molar-refractivity contribution in [3.8, 4) is 0 Å². The molecular weight excluding hydrogens is 268 g/mol. The second-order valence-corrected chi connectivity index (χ2v) is 5.98. The van der Waals surface area contributed by atoms with Gasteiger partial charge < -0.3 is 5.32 Å². The lowest BCUT2D eigenvalue weighted by Crippen LogP contribution is -2.41. The number of hydrogen-bond donors (Lipinski definition) is 1. The molecule has 2 atom stereocenters. The van der Waals surface area contributed by atoms with E-state index in [0.29, 0.717) is 12.1 Å². The van der Waals surface area contributed by atoms with E-state index in [4.69, 9.17) is 11.6 Å². The predicted octanol–water partition coefficient (Wildman–Crippen LogP) is 4.50. The van der Waals surface area contributed by atoms with Crippen molar-refractivity contribution < 1.29 is 0 Å². The molecule has 0 aliphatic carbocycles.